The number of benzene rings is 1. The lowest BCUT2D eigenvalue weighted by Gasteiger charge is -2.16. The maximum Gasteiger partial charge on any atom is 0.125 e. The molecule has 3 rings (SSSR count). The number of rotatable bonds is 5. The second-order valence-corrected chi connectivity index (χ2v) is 5.73. The van der Waals surface area contributed by atoms with E-state index in [1.807, 2.05) is 36.5 Å². The van der Waals surface area contributed by atoms with E-state index in [-0.39, 0.29) is 24.8 Å². The average Bonchev–Trinajstić information content (AvgIpc) is 2.94. The molecule has 1 fully saturated rings. The van der Waals surface area contributed by atoms with E-state index in [2.05, 4.69) is 27.3 Å². The number of nitrogen functional groups attached to an aromatic ring is 1. The van der Waals surface area contributed by atoms with Crippen molar-refractivity contribution in [2.45, 2.75) is 13.0 Å². The summed E-state index contributed by atoms with van der Waals surface area (Å²) >= 11 is 0. The molecule has 0 saturated carbocycles. The van der Waals surface area contributed by atoms with E-state index < -0.39 is 0 Å². The summed E-state index contributed by atoms with van der Waals surface area (Å²) in [5.74, 6) is 1.65. The molecular formula is C17H24Cl2N4. The summed E-state index contributed by atoms with van der Waals surface area (Å²) in [5.41, 5.74) is 7.98. The highest BCUT2D eigenvalue weighted by Crippen LogP contribution is 2.20. The van der Waals surface area contributed by atoms with Crippen LogP contribution in [-0.2, 0) is 6.54 Å². The summed E-state index contributed by atoms with van der Waals surface area (Å²) in [6.45, 7) is 4.27. The fourth-order valence-corrected chi connectivity index (χ4v) is 2.89. The van der Waals surface area contributed by atoms with Crippen LogP contribution in [0.2, 0.25) is 0 Å². The predicted molar refractivity (Wildman–Crippen MR) is 101 cm³/mol. The van der Waals surface area contributed by atoms with Crippen molar-refractivity contribution in [1.29, 1.82) is 0 Å². The van der Waals surface area contributed by atoms with Crippen LogP contribution in [0.4, 0.5) is 11.5 Å². The molecule has 1 aromatic heterocycles. The summed E-state index contributed by atoms with van der Waals surface area (Å²) in [5, 5.41) is 3.42. The molecule has 6 heteroatoms. The van der Waals surface area contributed by atoms with Gasteiger partial charge in [-0.05, 0) is 48.7 Å². The molecule has 0 radical (unpaired) electrons. The Morgan fingerprint density at radius 1 is 1.17 bits per heavy atom. The van der Waals surface area contributed by atoms with E-state index in [0.717, 1.165) is 37.7 Å². The number of nitrogens with zero attached hydrogens (tertiary/aromatic N) is 2. The first-order chi connectivity index (χ1) is 10.3. The van der Waals surface area contributed by atoms with Gasteiger partial charge < -0.3 is 11.1 Å². The second kappa shape index (κ2) is 9.60. The van der Waals surface area contributed by atoms with E-state index in [4.69, 9.17) is 5.73 Å². The molecule has 23 heavy (non-hydrogen) atoms. The number of nitrogens with two attached hydrogens (primary N) is 1. The van der Waals surface area contributed by atoms with Crippen molar-refractivity contribution in [2.75, 3.05) is 30.7 Å². The number of anilines is 2. The molecule has 0 aliphatic carbocycles. The molecule has 4 nitrogen and oxygen atoms in total. The summed E-state index contributed by atoms with van der Waals surface area (Å²) in [6.07, 6.45) is 3.06. The number of pyridine rings is 1. The number of halogens is 2. The molecule has 3 N–H and O–H groups in total. The van der Waals surface area contributed by atoms with Gasteiger partial charge in [0.25, 0.3) is 0 Å². The highest BCUT2D eigenvalue weighted by atomic mass is 35.5. The van der Waals surface area contributed by atoms with Crippen molar-refractivity contribution >= 4 is 36.3 Å². The molecule has 2 heterocycles. The van der Waals surface area contributed by atoms with Gasteiger partial charge in [0.2, 0.25) is 0 Å². The van der Waals surface area contributed by atoms with Gasteiger partial charge in [-0.3, -0.25) is 4.90 Å². The van der Waals surface area contributed by atoms with E-state index in [0.29, 0.717) is 5.92 Å². The summed E-state index contributed by atoms with van der Waals surface area (Å²) < 4.78 is 0. The Kier molecular flexibility index (Phi) is 8.17. The van der Waals surface area contributed by atoms with Crippen LogP contribution < -0.4 is 11.1 Å². The van der Waals surface area contributed by atoms with Gasteiger partial charge >= 0.3 is 0 Å². The maximum atomic E-state index is 5.84. The van der Waals surface area contributed by atoms with Gasteiger partial charge in [0.05, 0.1) is 0 Å². The van der Waals surface area contributed by atoms with Gasteiger partial charge in [-0.15, -0.1) is 24.8 Å². The van der Waals surface area contributed by atoms with Crippen molar-refractivity contribution in [3.63, 3.8) is 0 Å². The van der Waals surface area contributed by atoms with Crippen molar-refractivity contribution < 1.29 is 0 Å². The second-order valence-electron chi connectivity index (χ2n) is 5.73. The van der Waals surface area contributed by atoms with Crippen LogP contribution in [0, 0.1) is 5.92 Å². The van der Waals surface area contributed by atoms with Crippen LogP contribution >= 0.6 is 24.8 Å². The zero-order valence-corrected chi connectivity index (χ0v) is 14.7. The smallest absolute Gasteiger partial charge is 0.125 e. The third-order valence-electron chi connectivity index (χ3n) is 3.96. The van der Waals surface area contributed by atoms with Crippen molar-refractivity contribution in [3.05, 3.63) is 54.2 Å². The van der Waals surface area contributed by atoms with Crippen LogP contribution in [-0.4, -0.2) is 29.5 Å². The summed E-state index contributed by atoms with van der Waals surface area (Å²) in [6, 6.07) is 14.1. The van der Waals surface area contributed by atoms with Gasteiger partial charge in [-0.2, -0.15) is 0 Å². The number of nitrogens with one attached hydrogen (secondary N) is 1. The molecule has 1 aromatic carbocycles. The Bertz CT molecular complexity index is 580. The Labute approximate surface area is 150 Å². The SMILES string of the molecule is Cl.Cl.Nc1cccc(CN2CCC(CNc3ccccn3)C2)c1. The number of likely N-dealkylation sites (tertiary alicyclic amines) is 1. The van der Waals surface area contributed by atoms with Gasteiger partial charge in [0.15, 0.2) is 0 Å². The maximum absolute atomic E-state index is 5.84. The fraction of sp³-hybridized carbons (Fsp3) is 0.353. The Morgan fingerprint density at radius 3 is 2.78 bits per heavy atom. The minimum atomic E-state index is 0. The normalized spacial score (nSPS) is 17.1. The van der Waals surface area contributed by atoms with Crippen molar-refractivity contribution in [1.82, 2.24) is 9.88 Å². The number of hydrogen-bond donors (Lipinski definition) is 2. The Morgan fingerprint density at radius 2 is 2.04 bits per heavy atom. The molecule has 0 amide bonds. The third kappa shape index (κ3) is 5.90. The Hall–Kier alpha value is -1.49. The van der Waals surface area contributed by atoms with Crippen LogP contribution in [0.5, 0.6) is 0 Å². The standard InChI is InChI=1S/C17H22N4.2ClH/c18-16-5-3-4-14(10-16)12-21-9-7-15(13-21)11-20-17-6-1-2-8-19-17;;/h1-6,8,10,15H,7,9,11-13,18H2,(H,19,20);2*1H. The fourth-order valence-electron chi connectivity index (χ4n) is 2.89. The molecule has 1 aliphatic rings. The van der Waals surface area contributed by atoms with E-state index in [1.54, 1.807) is 0 Å². The van der Waals surface area contributed by atoms with Crippen LogP contribution in [0.3, 0.4) is 0 Å². The van der Waals surface area contributed by atoms with Crippen LogP contribution in [0.1, 0.15) is 12.0 Å². The van der Waals surface area contributed by atoms with E-state index in [9.17, 15) is 0 Å². The van der Waals surface area contributed by atoms with E-state index in [1.165, 1.54) is 12.0 Å². The van der Waals surface area contributed by atoms with Gasteiger partial charge in [-0.1, -0.05) is 18.2 Å². The molecule has 2 aromatic rings. The highest BCUT2D eigenvalue weighted by Gasteiger charge is 2.22. The summed E-state index contributed by atoms with van der Waals surface area (Å²) in [7, 11) is 0. The largest absolute Gasteiger partial charge is 0.399 e. The lowest BCUT2D eigenvalue weighted by Crippen LogP contribution is -2.22. The lowest BCUT2D eigenvalue weighted by molar-refractivity contribution is 0.319. The van der Waals surface area contributed by atoms with Gasteiger partial charge in [-0.25, -0.2) is 4.98 Å². The topological polar surface area (TPSA) is 54.2 Å². The first kappa shape index (κ1) is 19.6. The molecule has 0 bridgehead atoms. The monoisotopic (exact) mass is 354 g/mol. The molecule has 1 aliphatic heterocycles. The van der Waals surface area contributed by atoms with E-state index >= 15 is 0 Å². The number of hydrogen-bond acceptors (Lipinski definition) is 4. The Balaban J connectivity index is 0.00000132. The van der Waals surface area contributed by atoms with Crippen molar-refractivity contribution in [3.8, 4) is 0 Å². The molecule has 1 unspecified atom stereocenters. The molecule has 1 atom stereocenters. The van der Waals surface area contributed by atoms with Crippen LogP contribution in [0.15, 0.2) is 48.7 Å². The van der Waals surface area contributed by atoms with Crippen LogP contribution in [0.25, 0.3) is 0 Å². The van der Waals surface area contributed by atoms with Crippen molar-refractivity contribution in [2.24, 2.45) is 5.92 Å². The lowest BCUT2D eigenvalue weighted by atomic mass is 10.1. The average molecular weight is 355 g/mol. The zero-order chi connectivity index (χ0) is 14.5. The zero-order valence-electron chi connectivity index (χ0n) is 13.0. The highest BCUT2D eigenvalue weighted by molar-refractivity contribution is 5.85. The van der Waals surface area contributed by atoms with Gasteiger partial charge in [0.1, 0.15) is 5.82 Å². The quantitative estimate of drug-likeness (QED) is 0.807. The first-order valence-corrected chi connectivity index (χ1v) is 7.51. The number of aromatic nitrogens is 1. The molecule has 0 spiro atoms. The summed E-state index contributed by atoms with van der Waals surface area (Å²) in [4.78, 5) is 6.80. The minimum Gasteiger partial charge on any atom is -0.399 e. The van der Waals surface area contributed by atoms with Gasteiger partial charge in [0, 0.05) is 31.5 Å². The molecular weight excluding hydrogens is 331 g/mol. The first-order valence-electron chi connectivity index (χ1n) is 7.51. The molecule has 126 valence electrons. The third-order valence-corrected chi connectivity index (χ3v) is 3.96. The molecule has 1 saturated heterocycles. The predicted octanol–water partition coefficient (Wildman–Crippen LogP) is 3.44. The minimum absolute atomic E-state index is 0.